The maximum atomic E-state index is 11.6. The van der Waals surface area contributed by atoms with E-state index in [1.165, 1.54) is 25.1 Å². The molecule has 21 heavy (non-hydrogen) atoms. The molecule has 0 heterocycles. The third-order valence-electron chi connectivity index (χ3n) is 2.82. The Balaban J connectivity index is 2.82. The van der Waals surface area contributed by atoms with E-state index in [9.17, 15) is 23.6 Å². The van der Waals surface area contributed by atoms with Gasteiger partial charge >= 0.3 is 0 Å². The third kappa shape index (κ3) is 5.31. The van der Waals surface area contributed by atoms with E-state index in [0.29, 0.717) is 6.42 Å². The van der Waals surface area contributed by atoms with Crippen molar-refractivity contribution in [2.45, 2.75) is 26.4 Å². The molecule has 0 aromatic heterocycles. The summed E-state index contributed by atoms with van der Waals surface area (Å²) in [5.74, 6) is 0.221. The van der Waals surface area contributed by atoms with Gasteiger partial charge in [-0.2, -0.15) is 0 Å². The lowest BCUT2D eigenvalue weighted by molar-refractivity contribution is -0.385. The van der Waals surface area contributed by atoms with Gasteiger partial charge in [-0.25, -0.2) is 8.42 Å². The summed E-state index contributed by atoms with van der Waals surface area (Å²) in [5, 5.41) is 20.3. The van der Waals surface area contributed by atoms with Crippen LogP contribution in [0.1, 0.15) is 31.9 Å². The van der Waals surface area contributed by atoms with Crippen LogP contribution >= 0.6 is 0 Å². The number of hydrogen-bond donors (Lipinski definition) is 1. The molecule has 0 unspecified atom stereocenters. The Morgan fingerprint density at radius 3 is 2.57 bits per heavy atom. The number of nitro groups is 1. The molecular formula is C13H19NO6S. The molecule has 0 bridgehead atoms. The number of aliphatic hydroxyl groups is 1. The fraction of sp³-hybridized carbons (Fsp3) is 0.538. The topological polar surface area (TPSA) is 107 Å². The molecule has 0 amide bonds. The normalized spacial score (nSPS) is 12.9. The number of hydrogen-bond acceptors (Lipinski definition) is 6. The molecule has 118 valence electrons. The Bertz CT molecular complexity index is 597. The summed E-state index contributed by atoms with van der Waals surface area (Å²) in [5.41, 5.74) is 0.106. The highest BCUT2D eigenvalue weighted by atomic mass is 32.2. The summed E-state index contributed by atoms with van der Waals surface area (Å²) in [6, 6.07) is 3.84. The summed E-state index contributed by atoms with van der Waals surface area (Å²) in [6.07, 6.45) is -0.411. The lowest BCUT2D eigenvalue weighted by atomic mass is 10.1. The molecule has 8 heteroatoms. The summed E-state index contributed by atoms with van der Waals surface area (Å²) in [4.78, 5) is 10.1. The molecule has 0 saturated heterocycles. The van der Waals surface area contributed by atoms with E-state index < -0.39 is 20.9 Å². The molecule has 0 fully saturated rings. The zero-order valence-corrected chi connectivity index (χ0v) is 12.8. The predicted octanol–water partition coefficient (Wildman–Crippen LogP) is 1.85. The molecule has 1 aromatic carbocycles. The van der Waals surface area contributed by atoms with Gasteiger partial charge < -0.3 is 9.84 Å². The number of nitrogens with zero attached hydrogens (tertiary/aromatic N) is 1. The molecule has 0 aliphatic carbocycles. The smallest absolute Gasteiger partial charge is 0.270 e. The lowest BCUT2D eigenvalue weighted by Gasteiger charge is -2.13. The van der Waals surface area contributed by atoms with Crippen molar-refractivity contribution in [2.24, 2.45) is 0 Å². The lowest BCUT2D eigenvalue weighted by Crippen LogP contribution is -2.17. The van der Waals surface area contributed by atoms with E-state index >= 15 is 0 Å². The minimum absolute atomic E-state index is 0.0557. The quantitative estimate of drug-likeness (QED) is 0.579. The van der Waals surface area contributed by atoms with E-state index in [1.807, 2.05) is 0 Å². The highest BCUT2D eigenvalue weighted by Crippen LogP contribution is 2.29. The third-order valence-corrected chi connectivity index (χ3v) is 4.64. The first-order chi connectivity index (χ1) is 9.76. The zero-order chi connectivity index (χ0) is 16.0. The second-order valence-electron chi connectivity index (χ2n) is 4.66. The van der Waals surface area contributed by atoms with Crippen molar-refractivity contribution in [1.82, 2.24) is 0 Å². The van der Waals surface area contributed by atoms with Gasteiger partial charge in [0.15, 0.2) is 9.84 Å². The van der Waals surface area contributed by atoms with Gasteiger partial charge in [0.05, 0.1) is 22.5 Å². The van der Waals surface area contributed by atoms with Crippen LogP contribution < -0.4 is 4.74 Å². The molecule has 0 saturated carbocycles. The van der Waals surface area contributed by atoms with E-state index in [4.69, 9.17) is 4.74 Å². The zero-order valence-electron chi connectivity index (χ0n) is 12.0. The molecule has 1 atom stereocenters. The first-order valence-corrected chi connectivity index (χ1v) is 8.38. The van der Waals surface area contributed by atoms with Crippen molar-refractivity contribution in [3.8, 4) is 5.75 Å². The van der Waals surface area contributed by atoms with E-state index in [0.717, 1.165) is 0 Å². The first kappa shape index (κ1) is 17.4. The van der Waals surface area contributed by atoms with Crippen LogP contribution in [0.25, 0.3) is 0 Å². The standard InChI is InChI=1S/C13H19NO6S/c1-3-7-21(18,19)8-6-20-13-5-4-11(14(16)17)9-12(13)10(2)15/h4-5,9-10,15H,3,6-8H2,1-2H3/t10-/m1/s1. The van der Waals surface area contributed by atoms with Gasteiger partial charge in [-0.1, -0.05) is 6.92 Å². The Morgan fingerprint density at radius 1 is 1.38 bits per heavy atom. The Kier molecular flexibility index (Phi) is 6.10. The number of benzene rings is 1. The van der Waals surface area contributed by atoms with Crippen LogP contribution in [0.2, 0.25) is 0 Å². The van der Waals surface area contributed by atoms with Gasteiger partial charge in [-0.15, -0.1) is 0 Å². The Hall–Kier alpha value is -1.67. The summed E-state index contributed by atoms with van der Waals surface area (Å²) in [7, 11) is -3.15. The van der Waals surface area contributed by atoms with Gasteiger partial charge in [-0.05, 0) is 19.4 Å². The fourth-order valence-electron chi connectivity index (χ4n) is 1.80. The van der Waals surface area contributed by atoms with Gasteiger partial charge in [-0.3, -0.25) is 10.1 Å². The maximum Gasteiger partial charge on any atom is 0.270 e. The second kappa shape index (κ2) is 7.37. The van der Waals surface area contributed by atoms with Crippen molar-refractivity contribution in [3.05, 3.63) is 33.9 Å². The van der Waals surface area contributed by atoms with Crippen molar-refractivity contribution in [1.29, 1.82) is 0 Å². The van der Waals surface area contributed by atoms with Crippen LogP contribution in [-0.2, 0) is 9.84 Å². The van der Waals surface area contributed by atoms with Crippen molar-refractivity contribution in [2.75, 3.05) is 18.1 Å². The maximum absolute atomic E-state index is 11.6. The fourth-order valence-corrected chi connectivity index (χ4v) is 2.96. The van der Waals surface area contributed by atoms with Crippen molar-refractivity contribution in [3.63, 3.8) is 0 Å². The SMILES string of the molecule is CCCS(=O)(=O)CCOc1ccc([N+](=O)[O-])cc1[C@@H](C)O. The highest BCUT2D eigenvalue weighted by Gasteiger charge is 2.16. The number of ether oxygens (including phenoxy) is 1. The summed E-state index contributed by atoms with van der Waals surface area (Å²) in [6.45, 7) is 3.18. The summed E-state index contributed by atoms with van der Waals surface area (Å²) < 4.78 is 28.5. The molecule has 7 nitrogen and oxygen atoms in total. The van der Waals surface area contributed by atoms with Gasteiger partial charge in [0.1, 0.15) is 12.4 Å². The largest absolute Gasteiger partial charge is 0.492 e. The van der Waals surface area contributed by atoms with Crippen LogP contribution in [0.4, 0.5) is 5.69 Å². The van der Waals surface area contributed by atoms with Crippen LogP contribution in [0.15, 0.2) is 18.2 Å². The molecule has 1 N–H and O–H groups in total. The van der Waals surface area contributed by atoms with Gasteiger partial charge in [0.2, 0.25) is 0 Å². The minimum atomic E-state index is -3.15. The van der Waals surface area contributed by atoms with Crippen LogP contribution in [0, 0.1) is 10.1 Å². The average Bonchev–Trinajstić information content (AvgIpc) is 2.38. The first-order valence-electron chi connectivity index (χ1n) is 6.56. The Labute approximate surface area is 123 Å². The van der Waals surface area contributed by atoms with Crippen LogP contribution in [0.3, 0.4) is 0 Å². The molecule has 1 rings (SSSR count). The average molecular weight is 317 g/mol. The number of rotatable bonds is 8. The van der Waals surface area contributed by atoms with Gasteiger partial charge in [0, 0.05) is 17.7 Å². The van der Waals surface area contributed by atoms with Crippen molar-refractivity contribution >= 4 is 15.5 Å². The number of non-ortho nitro benzene ring substituents is 1. The predicted molar refractivity (Wildman–Crippen MR) is 78.2 cm³/mol. The van der Waals surface area contributed by atoms with Crippen molar-refractivity contribution < 1.29 is 23.2 Å². The van der Waals surface area contributed by atoms with Crippen LogP contribution in [0.5, 0.6) is 5.75 Å². The van der Waals surface area contributed by atoms with E-state index in [2.05, 4.69) is 0 Å². The Morgan fingerprint density at radius 2 is 2.05 bits per heavy atom. The number of sulfone groups is 1. The molecule has 0 spiro atoms. The minimum Gasteiger partial charge on any atom is -0.492 e. The van der Waals surface area contributed by atoms with E-state index in [1.54, 1.807) is 6.92 Å². The summed E-state index contributed by atoms with van der Waals surface area (Å²) >= 11 is 0. The van der Waals surface area contributed by atoms with Gasteiger partial charge in [0.25, 0.3) is 5.69 Å². The second-order valence-corrected chi connectivity index (χ2v) is 6.96. The number of aliphatic hydroxyl groups excluding tert-OH is 1. The monoisotopic (exact) mass is 317 g/mol. The number of nitro benzene ring substituents is 1. The molecule has 0 radical (unpaired) electrons. The molecule has 0 aliphatic heterocycles. The highest BCUT2D eigenvalue weighted by molar-refractivity contribution is 7.91. The molecule has 0 aliphatic rings. The van der Waals surface area contributed by atoms with E-state index in [-0.39, 0.29) is 35.1 Å². The molecular weight excluding hydrogens is 298 g/mol. The molecule has 1 aromatic rings. The van der Waals surface area contributed by atoms with Crippen LogP contribution in [-0.4, -0.2) is 36.6 Å².